The summed E-state index contributed by atoms with van der Waals surface area (Å²) in [5.41, 5.74) is 6.19. The van der Waals surface area contributed by atoms with Gasteiger partial charge in [0, 0.05) is 41.3 Å². The third-order valence-corrected chi connectivity index (χ3v) is 7.08. The minimum absolute atomic E-state index is 0.199. The minimum Gasteiger partial charge on any atom is -0.381 e. The second-order valence-electron chi connectivity index (χ2n) is 8.89. The summed E-state index contributed by atoms with van der Waals surface area (Å²) in [5.74, 6) is 1.03. The number of aromatic amines is 1. The van der Waals surface area contributed by atoms with Crippen molar-refractivity contribution in [3.05, 3.63) is 59.7 Å². The molecule has 1 N–H and O–H groups in total. The molecule has 3 heterocycles. The molecule has 2 fully saturated rings. The lowest BCUT2D eigenvalue weighted by molar-refractivity contribution is 0.0840. The lowest BCUT2D eigenvalue weighted by atomic mass is 9.79. The Bertz CT molecular complexity index is 1200. The largest absolute Gasteiger partial charge is 0.381 e. The van der Waals surface area contributed by atoms with E-state index in [1.54, 1.807) is 12.1 Å². The molecule has 0 bridgehead atoms. The Morgan fingerprint density at radius 3 is 2.60 bits per heavy atom. The summed E-state index contributed by atoms with van der Waals surface area (Å²) in [6, 6.07) is 11.5. The molecule has 1 saturated carbocycles. The number of nitrogens with one attached hydrogen (secondary N) is 1. The molecule has 30 heavy (non-hydrogen) atoms. The van der Waals surface area contributed by atoms with Crippen LogP contribution in [0.5, 0.6) is 0 Å². The van der Waals surface area contributed by atoms with Gasteiger partial charge in [-0.25, -0.2) is 4.39 Å². The molecule has 154 valence electrons. The molecule has 2 aromatic carbocycles. The van der Waals surface area contributed by atoms with Gasteiger partial charge >= 0.3 is 0 Å². The maximum Gasteiger partial charge on any atom is 0.123 e. The monoisotopic (exact) mass is 403 g/mol. The number of hydrogen-bond donors (Lipinski definition) is 1. The zero-order valence-electron chi connectivity index (χ0n) is 17.0. The predicted octanol–water partition coefficient (Wildman–Crippen LogP) is 5.88. The van der Waals surface area contributed by atoms with Gasteiger partial charge in [-0.1, -0.05) is 19.3 Å². The van der Waals surface area contributed by atoms with Gasteiger partial charge in [0.25, 0.3) is 0 Å². The highest BCUT2D eigenvalue weighted by molar-refractivity contribution is 5.98. The lowest BCUT2D eigenvalue weighted by Gasteiger charge is -2.29. The van der Waals surface area contributed by atoms with E-state index in [4.69, 9.17) is 4.74 Å². The SMILES string of the molecule is Fc1ccc(-n2c(C3CCOCC3)c(CC3CCC3)c3cc4[nH]ncc4cc32)cc1. The Labute approximate surface area is 175 Å². The van der Waals surface area contributed by atoms with Crippen molar-refractivity contribution in [2.24, 2.45) is 5.92 Å². The molecule has 1 aliphatic carbocycles. The highest BCUT2D eigenvalue weighted by Gasteiger charge is 2.30. The lowest BCUT2D eigenvalue weighted by Crippen LogP contribution is -2.20. The molecular formula is C25H26FN3O. The van der Waals surface area contributed by atoms with Crippen LogP contribution in [0.25, 0.3) is 27.5 Å². The first-order valence-corrected chi connectivity index (χ1v) is 11.1. The first-order valence-electron chi connectivity index (χ1n) is 11.1. The summed E-state index contributed by atoms with van der Waals surface area (Å²) in [6.45, 7) is 1.62. The number of hydrogen-bond acceptors (Lipinski definition) is 2. The van der Waals surface area contributed by atoms with Crippen LogP contribution in [0.15, 0.2) is 42.6 Å². The van der Waals surface area contributed by atoms with Crippen molar-refractivity contribution in [3.63, 3.8) is 0 Å². The van der Waals surface area contributed by atoms with E-state index in [2.05, 4.69) is 26.9 Å². The molecule has 0 radical (unpaired) electrons. The summed E-state index contributed by atoms with van der Waals surface area (Å²) in [6.07, 6.45) is 9.07. The van der Waals surface area contributed by atoms with Crippen LogP contribution in [0.4, 0.5) is 4.39 Å². The first kappa shape index (κ1) is 18.1. The average molecular weight is 404 g/mol. The second kappa shape index (κ2) is 7.24. The van der Waals surface area contributed by atoms with Crippen LogP contribution in [0.3, 0.4) is 0 Å². The van der Waals surface area contributed by atoms with Crippen LogP contribution in [0.1, 0.15) is 49.3 Å². The number of rotatable bonds is 4. The van der Waals surface area contributed by atoms with Gasteiger partial charge in [0.05, 0.1) is 17.2 Å². The third-order valence-electron chi connectivity index (χ3n) is 7.08. The smallest absolute Gasteiger partial charge is 0.123 e. The average Bonchev–Trinajstić information content (AvgIpc) is 3.32. The zero-order chi connectivity index (χ0) is 20.1. The van der Waals surface area contributed by atoms with E-state index >= 15 is 0 Å². The molecule has 1 saturated heterocycles. The van der Waals surface area contributed by atoms with E-state index in [0.29, 0.717) is 5.92 Å². The van der Waals surface area contributed by atoms with E-state index in [-0.39, 0.29) is 5.82 Å². The van der Waals surface area contributed by atoms with Crippen molar-refractivity contribution >= 4 is 21.8 Å². The van der Waals surface area contributed by atoms with Crippen LogP contribution in [0, 0.1) is 11.7 Å². The molecule has 0 unspecified atom stereocenters. The number of halogens is 1. The van der Waals surface area contributed by atoms with E-state index in [1.165, 1.54) is 41.4 Å². The number of aromatic nitrogens is 3. The van der Waals surface area contributed by atoms with Gasteiger partial charge in [-0.15, -0.1) is 0 Å². The fourth-order valence-electron chi connectivity index (χ4n) is 5.28. The number of nitrogens with zero attached hydrogens (tertiary/aromatic N) is 2. The molecule has 4 nitrogen and oxygen atoms in total. The normalized spacial score (nSPS) is 18.3. The summed E-state index contributed by atoms with van der Waals surface area (Å²) < 4.78 is 21.8. The van der Waals surface area contributed by atoms with Gasteiger partial charge in [0.2, 0.25) is 0 Å². The van der Waals surface area contributed by atoms with E-state index in [0.717, 1.165) is 55.0 Å². The van der Waals surface area contributed by atoms with Gasteiger partial charge in [-0.05, 0) is 67.1 Å². The summed E-state index contributed by atoms with van der Waals surface area (Å²) in [7, 11) is 0. The van der Waals surface area contributed by atoms with Crippen LogP contribution in [-0.4, -0.2) is 28.0 Å². The number of fused-ring (bicyclic) bond motifs is 2. The van der Waals surface area contributed by atoms with Gasteiger partial charge in [-0.3, -0.25) is 5.10 Å². The van der Waals surface area contributed by atoms with Crippen LogP contribution in [0.2, 0.25) is 0 Å². The predicted molar refractivity (Wildman–Crippen MR) is 117 cm³/mol. The number of H-pyrrole nitrogens is 1. The molecule has 1 aliphatic heterocycles. The highest BCUT2D eigenvalue weighted by atomic mass is 19.1. The molecule has 6 rings (SSSR count). The topological polar surface area (TPSA) is 42.8 Å². The Hall–Kier alpha value is -2.66. The van der Waals surface area contributed by atoms with Crippen molar-refractivity contribution in [1.29, 1.82) is 0 Å². The molecule has 0 atom stereocenters. The fraction of sp³-hybridized carbons (Fsp3) is 0.400. The minimum atomic E-state index is -0.199. The van der Waals surface area contributed by atoms with Crippen molar-refractivity contribution < 1.29 is 9.13 Å². The van der Waals surface area contributed by atoms with Crippen LogP contribution in [-0.2, 0) is 11.2 Å². The molecule has 2 aliphatic rings. The highest BCUT2D eigenvalue weighted by Crippen LogP contribution is 2.42. The number of ether oxygens (including phenoxy) is 1. The van der Waals surface area contributed by atoms with Crippen molar-refractivity contribution in [2.45, 2.75) is 44.4 Å². The fourth-order valence-corrected chi connectivity index (χ4v) is 5.28. The van der Waals surface area contributed by atoms with Crippen LogP contribution >= 0.6 is 0 Å². The first-order chi connectivity index (χ1) is 14.8. The van der Waals surface area contributed by atoms with Gasteiger partial charge < -0.3 is 9.30 Å². The molecule has 2 aromatic heterocycles. The van der Waals surface area contributed by atoms with E-state index < -0.39 is 0 Å². The quantitative estimate of drug-likeness (QED) is 0.462. The summed E-state index contributed by atoms with van der Waals surface area (Å²) in [4.78, 5) is 0. The van der Waals surface area contributed by atoms with Crippen LogP contribution < -0.4 is 0 Å². The van der Waals surface area contributed by atoms with Gasteiger partial charge in [-0.2, -0.15) is 5.10 Å². The van der Waals surface area contributed by atoms with Gasteiger partial charge in [0.15, 0.2) is 0 Å². The third kappa shape index (κ3) is 2.95. The van der Waals surface area contributed by atoms with E-state index in [9.17, 15) is 4.39 Å². The molecule has 0 amide bonds. The zero-order valence-corrected chi connectivity index (χ0v) is 17.0. The van der Waals surface area contributed by atoms with E-state index in [1.807, 2.05) is 18.3 Å². The Morgan fingerprint density at radius 1 is 1.07 bits per heavy atom. The molecular weight excluding hydrogens is 377 g/mol. The standard InChI is InChI=1S/C25H26FN3O/c26-19-4-6-20(7-5-19)29-24-13-18-15-27-28-23(18)14-21(24)22(12-16-2-1-3-16)25(29)17-8-10-30-11-9-17/h4-7,13-17H,1-3,8-12H2,(H,27,28). The molecule has 4 aromatic rings. The molecule has 0 spiro atoms. The van der Waals surface area contributed by atoms with Crippen molar-refractivity contribution in [3.8, 4) is 5.69 Å². The maximum atomic E-state index is 13.7. The number of benzene rings is 2. The summed E-state index contributed by atoms with van der Waals surface area (Å²) >= 11 is 0. The summed E-state index contributed by atoms with van der Waals surface area (Å²) in [5, 5.41) is 9.81. The second-order valence-corrected chi connectivity index (χ2v) is 8.89. The van der Waals surface area contributed by atoms with Crippen molar-refractivity contribution in [1.82, 2.24) is 14.8 Å². The van der Waals surface area contributed by atoms with Gasteiger partial charge in [0.1, 0.15) is 5.82 Å². The maximum absolute atomic E-state index is 13.7. The Morgan fingerprint density at radius 2 is 1.87 bits per heavy atom. The van der Waals surface area contributed by atoms with Crippen molar-refractivity contribution in [2.75, 3.05) is 13.2 Å². The molecule has 5 heteroatoms. The Balaban J connectivity index is 1.65. The Kier molecular flexibility index (Phi) is 4.38.